The molecule has 2 aromatic rings. The van der Waals surface area contributed by atoms with Crippen molar-refractivity contribution >= 4 is 12.0 Å². The third-order valence-corrected chi connectivity index (χ3v) is 3.55. The largest absolute Gasteiger partial charge is 0.416 e. The zero-order valence-corrected chi connectivity index (χ0v) is 14.1. The van der Waals surface area contributed by atoms with Crippen LogP contribution >= 0.6 is 0 Å². The summed E-state index contributed by atoms with van der Waals surface area (Å²) in [5.41, 5.74) is 1.14. The maximum atomic E-state index is 12.7. The SMILES string of the molecule is CC(C)C=Cc1ccc(C(=O)NCc2cccc(C(F)(F)F)c2)cc1. The van der Waals surface area contributed by atoms with Crippen LogP contribution in [-0.4, -0.2) is 5.91 Å². The van der Waals surface area contributed by atoms with Crippen molar-refractivity contribution in [2.45, 2.75) is 26.6 Å². The van der Waals surface area contributed by atoms with E-state index in [4.69, 9.17) is 0 Å². The van der Waals surface area contributed by atoms with Crippen molar-refractivity contribution in [2.24, 2.45) is 5.92 Å². The standard InChI is InChI=1S/C20H20F3NO/c1-14(2)6-7-15-8-10-17(11-9-15)19(25)24-13-16-4-3-5-18(12-16)20(21,22)23/h3-12,14H,13H2,1-2H3,(H,24,25). The average molecular weight is 347 g/mol. The van der Waals surface area contributed by atoms with Gasteiger partial charge in [-0.15, -0.1) is 0 Å². The summed E-state index contributed by atoms with van der Waals surface area (Å²) in [5, 5.41) is 2.64. The van der Waals surface area contributed by atoms with Gasteiger partial charge in [-0.05, 0) is 41.3 Å². The molecule has 0 atom stereocenters. The van der Waals surface area contributed by atoms with Gasteiger partial charge in [0.1, 0.15) is 0 Å². The topological polar surface area (TPSA) is 29.1 Å². The summed E-state index contributed by atoms with van der Waals surface area (Å²) in [7, 11) is 0. The molecule has 1 N–H and O–H groups in total. The Morgan fingerprint density at radius 1 is 1.12 bits per heavy atom. The molecular weight excluding hydrogens is 327 g/mol. The van der Waals surface area contributed by atoms with Crippen LogP contribution in [0.3, 0.4) is 0 Å². The summed E-state index contributed by atoms with van der Waals surface area (Å²) in [6, 6.07) is 12.0. The van der Waals surface area contributed by atoms with E-state index in [1.165, 1.54) is 6.07 Å². The molecule has 0 aromatic heterocycles. The van der Waals surface area contributed by atoms with Gasteiger partial charge in [-0.2, -0.15) is 13.2 Å². The number of alkyl halides is 3. The molecule has 0 heterocycles. The predicted octanol–water partition coefficient (Wildman–Crippen LogP) is 5.30. The van der Waals surface area contributed by atoms with E-state index < -0.39 is 11.7 Å². The van der Waals surface area contributed by atoms with Gasteiger partial charge in [0.05, 0.1) is 5.56 Å². The Morgan fingerprint density at radius 3 is 2.40 bits per heavy atom. The molecule has 0 aliphatic heterocycles. The van der Waals surface area contributed by atoms with Gasteiger partial charge < -0.3 is 5.32 Å². The number of allylic oxidation sites excluding steroid dienone is 1. The molecule has 2 rings (SSSR count). The Hall–Kier alpha value is -2.56. The molecule has 0 unspecified atom stereocenters. The summed E-state index contributed by atoms with van der Waals surface area (Å²) in [6.07, 6.45) is -0.350. The highest BCUT2D eigenvalue weighted by atomic mass is 19.4. The van der Waals surface area contributed by atoms with Crippen molar-refractivity contribution in [3.05, 3.63) is 76.9 Å². The minimum atomic E-state index is -4.39. The molecule has 5 heteroatoms. The molecule has 0 saturated carbocycles. The van der Waals surface area contributed by atoms with Crippen LogP contribution in [0.1, 0.15) is 40.9 Å². The molecule has 0 radical (unpaired) electrons. The second kappa shape index (κ2) is 8.01. The Bertz CT molecular complexity index is 746. The highest BCUT2D eigenvalue weighted by molar-refractivity contribution is 5.94. The van der Waals surface area contributed by atoms with Gasteiger partial charge in [-0.1, -0.05) is 50.3 Å². The highest BCUT2D eigenvalue weighted by Crippen LogP contribution is 2.29. The van der Waals surface area contributed by atoms with Crippen LogP contribution in [0.5, 0.6) is 0 Å². The van der Waals surface area contributed by atoms with Gasteiger partial charge in [0.2, 0.25) is 0 Å². The van der Waals surface area contributed by atoms with Gasteiger partial charge in [0.25, 0.3) is 5.91 Å². The molecule has 2 nitrogen and oxygen atoms in total. The Kier molecular flexibility index (Phi) is 6.02. The fourth-order valence-electron chi connectivity index (χ4n) is 2.19. The maximum Gasteiger partial charge on any atom is 0.416 e. The van der Waals surface area contributed by atoms with E-state index in [0.29, 0.717) is 17.0 Å². The number of carbonyl (C=O) groups is 1. The Morgan fingerprint density at radius 2 is 1.80 bits per heavy atom. The summed E-state index contributed by atoms with van der Waals surface area (Å²) in [5.74, 6) is 0.118. The van der Waals surface area contributed by atoms with Crippen LogP contribution < -0.4 is 5.32 Å². The van der Waals surface area contributed by atoms with Crippen molar-refractivity contribution in [1.82, 2.24) is 5.32 Å². The molecule has 25 heavy (non-hydrogen) atoms. The summed E-state index contributed by atoms with van der Waals surface area (Å²) in [4.78, 5) is 12.1. The smallest absolute Gasteiger partial charge is 0.348 e. The number of benzene rings is 2. The second-order valence-electron chi connectivity index (χ2n) is 6.11. The highest BCUT2D eigenvalue weighted by Gasteiger charge is 2.30. The van der Waals surface area contributed by atoms with E-state index in [9.17, 15) is 18.0 Å². The van der Waals surface area contributed by atoms with E-state index in [1.54, 1.807) is 18.2 Å². The van der Waals surface area contributed by atoms with E-state index in [0.717, 1.165) is 17.7 Å². The lowest BCUT2D eigenvalue weighted by Gasteiger charge is -2.10. The van der Waals surface area contributed by atoms with Crippen LogP contribution in [0.15, 0.2) is 54.6 Å². The van der Waals surface area contributed by atoms with Gasteiger partial charge in [-0.25, -0.2) is 0 Å². The first kappa shape index (κ1) is 18.8. The van der Waals surface area contributed by atoms with Crippen molar-refractivity contribution in [2.75, 3.05) is 0 Å². The summed E-state index contributed by atoms with van der Waals surface area (Å²) in [6.45, 7) is 4.19. The monoisotopic (exact) mass is 347 g/mol. The number of hydrogen-bond acceptors (Lipinski definition) is 1. The van der Waals surface area contributed by atoms with Crippen molar-refractivity contribution in [1.29, 1.82) is 0 Å². The Balaban J connectivity index is 1.98. The summed E-state index contributed by atoms with van der Waals surface area (Å²) >= 11 is 0. The number of carbonyl (C=O) groups excluding carboxylic acids is 1. The van der Waals surface area contributed by atoms with Crippen LogP contribution in [-0.2, 0) is 12.7 Å². The zero-order valence-electron chi connectivity index (χ0n) is 14.1. The molecule has 1 amide bonds. The second-order valence-corrected chi connectivity index (χ2v) is 6.11. The molecule has 0 bridgehead atoms. The zero-order chi connectivity index (χ0) is 18.4. The number of nitrogens with one attached hydrogen (secondary N) is 1. The van der Waals surface area contributed by atoms with Gasteiger partial charge in [0, 0.05) is 12.1 Å². The fourth-order valence-corrected chi connectivity index (χ4v) is 2.19. The number of rotatable bonds is 5. The normalized spacial score (nSPS) is 11.9. The number of amides is 1. The van der Waals surface area contributed by atoms with Crippen LogP contribution in [0.25, 0.3) is 6.08 Å². The fraction of sp³-hybridized carbons (Fsp3) is 0.250. The molecule has 0 aliphatic carbocycles. The average Bonchev–Trinajstić information content (AvgIpc) is 2.58. The van der Waals surface area contributed by atoms with Gasteiger partial charge in [-0.3, -0.25) is 4.79 Å². The van der Waals surface area contributed by atoms with Crippen LogP contribution in [0.2, 0.25) is 0 Å². The van der Waals surface area contributed by atoms with Crippen molar-refractivity contribution in [3.63, 3.8) is 0 Å². The van der Waals surface area contributed by atoms with Crippen molar-refractivity contribution < 1.29 is 18.0 Å². The molecule has 0 fully saturated rings. The molecule has 132 valence electrons. The third-order valence-electron chi connectivity index (χ3n) is 3.55. The molecule has 2 aromatic carbocycles. The molecule has 0 spiro atoms. The van der Waals surface area contributed by atoms with Crippen molar-refractivity contribution in [3.8, 4) is 0 Å². The number of hydrogen-bond donors (Lipinski definition) is 1. The quantitative estimate of drug-likeness (QED) is 0.781. The molecular formula is C20H20F3NO. The van der Waals surface area contributed by atoms with Crippen LogP contribution in [0.4, 0.5) is 13.2 Å². The lowest BCUT2D eigenvalue weighted by Crippen LogP contribution is -2.23. The van der Waals surface area contributed by atoms with Crippen LogP contribution in [0, 0.1) is 5.92 Å². The van der Waals surface area contributed by atoms with E-state index >= 15 is 0 Å². The minimum Gasteiger partial charge on any atom is -0.348 e. The molecule has 0 saturated heterocycles. The van der Waals surface area contributed by atoms with E-state index in [-0.39, 0.29) is 12.5 Å². The van der Waals surface area contributed by atoms with Gasteiger partial charge >= 0.3 is 6.18 Å². The third kappa shape index (κ3) is 5.78. The first-order chi connectivity index (χ1) is 11.8. The molecule has 0 aliphatic rings. The lowest BCUT2D eigenvalue weighted by atomic mass is 10.1. The minimum absolute atomic E-state index is 0.0394. The van der Waals surface area contributed by atoms with Gasteiger partial charge in [0.15, 0.2) is 0 Å². The maximum absolute atomic E-state index is 12.7. The predicted molar refractivity (Wildman–Crippen MR) is 92.9 cm³/mol. The first-order valence-corrected chi connectivity index (χ1v) is 7.98. The van der Waals surface area contributed by atoms with E-state index in [2.05, 4.69) is 25.2 Å². The first-order valence-electron chi connectivity index (χ1n) is 7.98. The number of halogens is 3. The van der Waals surface area contributed by atoms with E-state index in [1.807, 2.05) is 18.2 Å². The Labute approximate surface area is 145 Å². The lowest BCUT2D eigenvalue weighted by molar-refractivity contribution is -0.137. The summed E-state index contributed by atoms with van der Waals surface area (Å²) < 4.78 is 38.1.